The van der Waals surface area contributed by atoms with Gasteiger partial charge in [0.05, 0.1) is 0 Å². The van der Waals surface area contributed by atoms with Crippen LogP contribution < -0.4 is 10.2 Å². The lowest BCUT2D eigenvalue weighted by molar-refractivity contribution is 0.102. The van der Waals surface area contributed by atoms with Gasteiger partial charge in [-0.2, -0.15) is 0 Å². The van der Waals surface area contributed by atoms with Gasteiger partial charge >= 0.3 is 0 Å². The van der Waals surface area contributed by atoms with Crippen LogP contribution in [0.2, 0.25) is 0 Å². The summed E-state index contributed by atoms with van der Waals surface area (Å²) in [5.41, 5.74) is 2.26. The third kappa shape index (κ3) is 4.63. The number of aromatic nitrogens is 2. The molecule has 2 aromatic rings. The molecule has 1 saturated heterocycles. The van der Waals surface area contributed by atoms with E-state index in [4.69, 9.17) is 0 Å². The highest BCUT2D eigenvalue weighted by Crippen LogP contribution is 2.29. The van der Waals surface area contributed by atoms with Crippen molar-refractivity contribution in [2.24, 2.45) is 0 Å². The van der Waals surface area contributed by atoms with E-state index in [9.17, 15) is 4.79 Å². The lowest BCUT2D eigenvalue weighted by Crippen LogP contribution is -2.46. The summed E-state index contributed by atoms with van der Waals surface area (Å²) in [4.78, 5) is 26.2. The van der Waals surface area contributed by atoms with Crippen LogP contribution in [0.5, 0.6) is 0 Å². The molecule has 0 spiro atoms. The van der Waals surface area contributed by atoms with Crippen molar-refractivity contribution >= 4 is 17.5 Å². The summed E-state index contributed by atoms with van der Waals surface area (Å²) in [6.45, 7) is 13.4. The summed E-state index contributed by atoms with van der Waals surface area (Å²) in [5.74, 6) is 0.421. The molecule has 0 bridgehead atoms. The molecule has 1 N–H and O–H groups in total. The summed E-state index contributed by atoms with van der Waals surface area (Å²) in [7, 11) is 0. The Morgan fingerprint density at radius 1 is 1.11 bits per heavy atom. The molecule has 6 nitrogen and oxygen atoms in total. The second-order valence-electron chi connectivity index (χ2n) is 7.91. The number of nitrogens with one attached hydrogen (secondary N) is 1. The van der Waals surface area contributed by atoms with Gasteiger partial charge < -0.3 is 15.1 Å². The predicted molar refractivity (Wildman–Crippen MR) is 109 cm³/mol. The van der Waals surface area contributed by atoms with E-state index in [0.29, 0.717) is 11.6 Å². The molecule has 1 fully saturated rings. The number of para-hydroxylation sites is 1. The molecular weight excluding hydrogens is 338 g/mol. The molecule has 0 saturated carbocycles. The minimum absolute atomic E-state index is 0.0559. The highest BCUT2D eigenvalue weighted by atomic mass is 16.1. The average molecular weight is 367 g/mol. The second kappa shape index (κ2) is 8.05. The van der Waals surface area contributed by atoms with E-state index in [-0.39, 0.29) is 11.3 Å². The fourth-order valence-electron chi connectivity index (χ4n) is 3.32. The Labute approximate surface area is 161 Å². The third-order valence-corrected chi connectivity index (χ3v) is 4.96. The minimum Gasteiger partial charge on any atom is -0.338 e. The number of benzene rings is 1. The number of hydrogen-bond acceptors (Lipinski definition) is 5. The van der Waals surface area contributed by atoms with Crippen LogP contribution >= 0.6 is 0 Å². The van der Waals surface area contributed by atoms with E-state index in [1.54, 1.807) is 12.3 Å². The fourth-order valence-corrected chi connectivity index (χ4v) is 3.32. The van der Waals surface area contributed by atoms with Gasteiger partial charge in [-0.05, 0) is 29.7 Å². The molecular formula is C21H29N5O. The molecule has 1 aromatic heterocycles. The number of amides is 1. The predicted octanol–water partition coefficient (Wildman–Crippen LogP) is 3.17. The van der Waals surface area contributed by atoms with Crippen LogP contribution in [-0.2, 0) is 5.41 Å². The molecule has 0 radical (unpaired) electrons. The van der Waals surface area contributed by atoms with Gasteiger partial charge in [0, 0.05) is 38.1 Å². The van der Waals surface area contributed by atoms with Crippen molar-refractivity contribution in [2.75, 3.05) is 42.9 Å². The molecule has 1 amide bonds. The van der Waals surface area contributed by atoms with Gasteiger partial charge in [0.1, 0.15) is 5.69 Å². The maximum absolute atomic E-state index is 12.8. The molecule has 144 valence electrons. The Kier molecular flexibility index (Phi) is 5.75. The van der Waals surface area contributed by atoms with Gasteiger partial charge in [0.15, 0.2) is 0 Å². The minimum atomic E-state index is -0.206. The van der Waals surface area contributed by atoms with E-state index >= 15 is 0 Å². The molecule has 1 aromatic carbocycles. The van der Waals surface area contributed by atoms with Crippen molar-refractivity contribution in [3.8, 4) is 0 Å². The van der Waals surface area contributed by atoms with Crippen LogP contribution in [-0.4, -0.2) is 53.5 Å². The Morgan fingerprint density at radius 3 is 2.48 bits per heavy atom. The summed E-state index contributed by atoms with van der Waals surface area (Å²) < 4.78 is 0. The third-order valence-electron chi connectivity index (χ3n) is 4.96. The number of hydrogen-bond donors (Lipinski definition) is 1. The van der Waals surface area contributed by atoms with Crippen LogP contribution in [0, 0.1) is 0 Å². The van der Waals surface area contributed by atoms with Crippen molar-refractivity contribution in [3.05, 3.63) is 47.8 Å². The number of rotatable bonds is 4. The Balaban J connectivity index is 1.75. The topological polar surface area (TPSA) is 61.4 Å². The lowest BCUT2D eigenvalue weighted by Gasteiger charge is -2.34. The van der Waals surface area contributed by atoms with E-state index in [2.05, 4.69) is 52.8 Å². The van der Waals surface area contributed by atoms with Crippen molar-refractivity contribution in [2.45, 2.75) is 33.1 Å². The molecule has 0 atom stereocenters. The average Bonchev–Trinajstić information content (AvgIpc) is 2.68. The Morgan fingerprint density at radius 2 is 1.81 bits per heavy atom. The molecule has 2 heterocycles. The first kappa shape index (κ1) is 19.3. The largest absolute Gasteiger partial charge is 0.338 e. The molecule has 0 aliphatic carbocycles. The lowest BCUT2D eigenvalue weighted by atomic mass is 9.86. The maximum Gasteiger partial charge on any atom is 0.274 e. The molecule has 6 heteroatoms. The molecule has 0 unspecified atom stereocenters. The highest BCUT2D eigenvalue weighted by Gasteiger charge is 2.21. The number of likely N-dealkylation sites (N-methyl/N-ethyl adjacent to an activating group) is 1. The zero-order valence-corrected chi connectivity index (χ0v) is 16.7. The summed E-state index contributed by atoms with van der Waals surface area (Å²) in [6.07, 6.45) is 1.67. The van der Waals surface area contributed by atoms with Gasteiger partial charge in [-0.1, -0.05) is 45.9 Å². The molecule has 27 heavy (non-hydrogen) atoms. The van der Waals surface area contributed by atoms with E-state index in [1.165, 1.54) is 0 Å². The molecule has 1 aliphatic heterocycles. The summed E-state index contributed by atoms with van der Waals surface area (Å²) in [6, 6.07) is 9.58. The van der Waals surface area contributed by atoms with Crippen LogP contribution in [0.15, 0.2) is 36.5 Å². The quantitative estimate of drug-likeness (QED) is 0.899. The summed E-state index contributed by atoms with van der Waals surface area (Å²) >= 11 is 0. The number of piperazine rings is 1. The van der Waals surface area contributed by atoms with Crippen molar-refractivity contribution in [1.82, 2.24) is 14.9 Å². The van der Waals surface area contributed by atoms with Gasteiger partial charge in [0.25, 0.3) is 5.91 Å². The Hall–Kier alpha value is -2.47. The fraction of sp³-hybridized carbons (Fsp3) is 0.476. The maximum atomic E-state index is 12.8. The zero-order valence-electron chi connectivity index (χ0n) is 16.7. The number of anilines is 2. The number of carbonyl (C=O) groups is 1. The van der Waals surface area contributed by atoms with Crippen LogP contribution in [0.3, 0.4) is 0 Å². The van der Waals surface area contributed by atoms with Gasteiger partial charge in [-0.3, -0.25) is 4.79 Å². The smallest absolute Gasteiger partial charge is 0.274 e. The first-order valence-electron chi connectivity index (χ1n) is 9.59. The number of nitrogens with zero attached hydrogens (tertiary/aromatic N) is 4. The van der Waals surface area contributed by atoms with Crippen LogP contribution in [0.1, 0.15) is 43.7 Å². The SMILES string of the molecule is CCN1CCN(c2nccc(C(=O)Nc3ccccc3C(C)(C)C)n2)CC1. The van der Waals surface area contributed by atoms with E-state index in [0.717, 1.165) is 44.0 Å². The van der Waals surface area contributed by atoms with E-state index in [1.807, 2.05) is 24.3 Å². The van der Waals surface area contributed by atoms with Crippen LogP contribution in [0.4, 0.5) is 11.6 Å². The Bertz CT molecular complexity index is 791. The van der Waals surface area contributed by atoms with Crippen molar-refractivity contribution < 1.29 is 4.79 Å². The highest BCUT2D eigenvalue weighted by molar-refractivity contribution is 6.03. The molecule has 1 aliphatic rings. The van der Waals surface area contributed by atoms with Crippen molar-refractivity contribution in [1.29, 1.82) is 0 Å². The monoisotopic (exact) mass is 367 g/mol. The first-order valence-corrected chi connectivity index (χ1v) is 9.59. The van der Waals surface area contributed by atoms with Crippen LogP contribution in [0.25, 0.3) is 0 Å². The number of carbonyl (C=O) groups excluding carboxylic acids is 1. The standard InChI is InChI=1S/C21H29N5O/c1-5-25-12-14-26(15-13-25)20-22-11-10-18(24-20)19(27)23-17-9-7-6-8-16(17)21(2,3)4/h6-11H,5,12-15H2,1-4H3,(H,23,27). The first-order chi connectivity index (χ1) is 12.9. The van der Waals surface area contributed by atoms with Crippen molar-refractivity contribution in [3.63, 3.8) is 0 Å². The summed E-state index contributed by atoms with van der Waals surface area (Å²) in [5, 5.41) is 3.02. The van der Waals surface area contributed by atoms with Gasteiger partial charge in [-0.25, -0.2) is 9.97 Å². The normalized spacial score (nSPS) is 15.6. The van der Waals surface area contributed by atoms with Gasteiger partial charge in [0.2, 0.25) is 5.95 Å². The van der Waals surface area contributed by atoms with Gasteiger partial charge in [-0.15, -0.1) is 0 Å². The second-order valence-corrected chi connectivity index (χ2v) is 7.91. The molecule has 3 rings (SSSR count). The zero-order chi connectivity index (χ0) is 19.4. The van der Waals surface area contributed by atoms with E-state index < -0.39 is 0 Å².